The number of carbonyl (C=O) groups excluding carboxylic acids is 2. The largest absolute Gasteiger partial charge is 0.461 e. The van der Waals surface area contributed by atoms with Gasteiger partial charge in [-0.15, -0.1) is 0 Å². The zero-order chi connectivity index (χ0) is 19.0. The van der Waals surface area contributed by atoms with E-state index in [4.69, 9.17) is 9.15 Å². The van der Waals surface area contributed by atoms with E-state index in [1.54, 1.807) is 0 Å². The number of morpholine rings is 1. The molecule has 2 aromatic rings. The summed E-state index contributed by atoms with van der Waals surface area (Å²) in [5.41, 5.74) is 1.19. The molecule has 1 spiro atoms. The highest BCUT2D eigenvalue weighted by atomic mass is 16.5. The number of amides is 2. The van der Waals surface area contributed by atoms with Crippen molar-refractivity contribution in [2.24, 2.45) is 0 Å². The van der Waals surface area contributed by atoms with Crippen molar-refractivity contribution in [3.63, 3.8) is 0 Å². The van der Waals surface area contributed by atoms with Crippen LogP contribution < -0.4 is 0 Å². The van der Waals surface area contributed by atoms with Gasteiger partial charge in [0.1, 0.15) is 11.3 Å². The van der Waals surface area contributed by atoms with Crippen molar-refractivity contribution in [2.75, 3.05) is 32.8 Å². The number of hydrogen-bond donors (Lipinski definition) is 0. The van der Waals surface area contributed by atoms with Gasteiger partial charge in [-0.3, -0.25) is 9.59 Å². The van der Waals surface area contributed by atoms with Crippen LogP contribution in [0.25, 0.3) is 11.0 Å². The van der Waals surface area contributed by atoms with E-state index in [1.807, 2.05) is 47.9 Å². The third-order valence-electron chi connectivity index (χ3n) is 5.75. The van der Waals surface area contributed by atoms with Crippen LogP contribution in [0.2, 0.25) is 0 Å². The molecule has 27 heavy (non-hydrogen) atoms. The van der Waals surface area contributed by atoms with Crippen LogP contribution in [0.4, 0.5) is 0 Å². The molecule has 144 valence electrons. The van der Waals surface area contributed by atoms with Gasteiger partial charge in [-0.05, 0) is 44.0 Å². The molecule has 0 N–H and O–H groups in total. The molecule has 0 saturated carbocycles. The summed E-state index contributed by atoms with van der Waals surface area (Å²) in [6.45, 7) is 6.98. The van der Waals surface area contributed by atoms with Crippen molar-refractivity contribution in [2.45, 2.75) is 38.7 Å². The molecule has 2 aliphatic heterocycles. The topological polar surface area (TPSA) is 63.0 Å². The molecule has 1 aromatic heterocycles. The summed E-state index contributed by atoms with van der Waals surface area (Å²) in [5, 5.41) is 0.955. The Kier molecular flexibility index (Phi) is 4.68. The zero-order valence-corrected chi connectivity index (χ0v) is 16.0. The minimum Gasteiger partial charge on any atom is -0.461 e. The highest BCUT2D eigenvalue weighted by Gasteiger charge is 2.41. The first kappa shape index (κ1) is 18.0. The number of likely N-dealkylation sites (tertiary alicyclic amines) is 1. The number of furan rings is 1. The Morgan fingerprint density at radius 1 is 1.11 bits per heavy atom. The van der Waals surface area contributed by atoms with Crippen LogP contribution >= 0.6 is 0 Å². The predicted molar refractivity (Wildman–Crippen MR) is 102 cm³/mol. The summed E-state index contributed by atoms with van der Waals surface area (Å²) in [5.74, 6) is 1.07. The number of benzene rings is 1. The maximum absolute atomic E-state index is 12.9. The lowest BCUT2D eigenvalue weighted by atomic mass is 9.89. The third-order valence-corrected chi connectivity index (χ3v) is 5.75. The Hall–Kier alpha value is -2.34. The van der Waals surface area contributed by atoms with Crippen molar-refractivity contribution in [1.82, 2.24) is 9.80 Å². The van der Waals surface area contributed by atoms with Crippen LogP contribution in [-0.4, -0.2) is 60.0 Å². The van der Waals surface area contributed by atoms with E-state index in [9.17, 15) is 9.59 Å². The van der Waals surface area contributed by atoms with Gasteiger partial charge in [-0.2, -0.15) is 0 Å². The molecule has 1 aromatic carbocycles. The first-order valence-electron chi connectivity index (χ1n) is 9.71. The van der Waals surface area contributed by atoms with Gasteiger partial charge >= 0.3 is 0 Å². The van der Waals surface area contributed by atoms with Gasteiger partial charge in [-0.25, -0.2) is 0 Å². The molecule has 2 amide bonds. The molecule has 6 heteroatoms. The summed E-state index contributed by atoms with van der Waals surface area (Å²) < 4.78 is 11.7. The number of fused-ring (bicyclic) bond motifs is 1. The van der Waals surface area contributed by atoms with Crippen LogP contribution in [0.3, 0.4) is 0 Å². The van der Waals surface area contributed by atoms with E-state index in [-0.39, 0.29) is 17.4 Å². The third kappa shape index (κ3) is 3.46. The Bertz CT molecular complexity index is 864. The lowest BCUT2D eigenvalue weighted by Gasteiger charge is -2.47. The highest BCUT2D eigenvalue weighted by Crippen LogP contribution is 2.31. The van der Waals surface area contributed by atoms with Crippen LogP contribution in [-0.2, 0) is 9.53 Å². The number of hydrogen-bond acceptors (Lipinski definition) is 4. The molecule has 2 saturated heterocycles. The summed E-state index contributed by atoms with van der Waals surface area (Å²) in [7, 11) is 0. The molecule has 3 heterocycles. The monoisotopic (exact) mass is 370 g/mol. The average Bonchev–Trinajstić information content (AvgIpc) is 3.06. The molecular weight excluding hydrogens is 344 g/mol. The van der Waals surface area contributed by atoms with Gasteiger partial charge in [0.15, 0.2) is 0 Å². The van der Waals surface area contributed by atoms with Crippen LogP contribution in [0, 0.1) is 6.92 Å². The van der Waals surface area contributed by atoms with Gasteiger partial charge in [-0.1, -0.05) is 6.92 Å². The number of ether oxygens (including phenoxy) is 1. The predicted octanol–water partition coefficient (Wildman–Crippen LogP) is 2.98. The fraction of sp³-hybridized carbons (Fsp3) is 0.524. The van der Waals surface area contributed by atoms with E-state index in [0.717, 1.165) is 29.6 Å². The molecule has 0 aliphatic carbocycles. The first-order chi connectivity index (χ1) is 13.0. The number of piperidine rings is 1. The minimum atomic E-state index is -0.300. The molecule has 0 bridgehead atoms. The fourth-order valence-electron chi connectivity index (χ4n) is 4.19. The number of rotatable bonds is 2. The molecule has 4 rings (SSSR count). The van der Waals surface area contributed by atoms with E-state index in [0.29, 0.717) is 44.8 Å². The lowest BCUT2D eigenvalue weighted by molar-refractivity contribution is -0.157. The van der Waals surface area contributed by atoms with Gasteiger partial charge in [0.2, 0.25) is 5.91 Å². The quantitative estimate of drug-likeness (QED) is 0.815. The lowest BCUT2D eigenvalue weighted by Crippen LogP contribution is -2.58. The van der Waals surface area contributed by atoms with E-state index < -0.39 is 0 Å². The van der Waals surface area contributed by atoms with Crippen LogP contribution in [0.1, 0.15) is 42.3 Å². The van der Waals surface area contributed by atoms with Crippen LogP contribution in [0.15, 0.2) is 28.7 Å². The molecule has 0 radical (unpaired) electrons. The van der Waals surface area contributed by atoms with Crippen molar-refractivity contribution in [3.8, 4) is 0 Å². The summed E-state index contributed by atoms with van der Waals surface area (Å²) in [6, 6.07) is 7.54. The second kappa shape index (κ2) is 7.00. The van der Waals surface area contributed by atoms with Crippen LogP contribution in [0.5, 0.6) is 0 Å². The second-order valence-corrected chi connectivity index (χ2v) is 7.60. The van der Waals surface area contributed by atoms with Gasteiger partial charge in [0.25, 0.3) is 5.91 Å². The standard InChI is InChI=1S/C21H26N2O4/c1-3-19(24)23-10-11-26-21(14-23)6-8-22(9-7-21)20(25)16-4-5-18-17(13-16)12-15(2)27-18/h4-5,12-13H,3,6-11,14H2,1-2H3. The Morgan fingerprint density at radius 3 is 2.63 bits per heavy atom. The molecule has 0 atom stereocenters. The highest BCUT2D eigenvalue weighted by molar-refractivity contribution is 5.98. The van der Waals surface area contributed by atoms with Crippen molar-refractivity contribution in [3.05, 3.63) is 35.6 Å². The molecule has 0 unspecified atom stereocenters. The Morgan fingerprint density at radius 2 is 1.89 bits per heavy atom. The SMILES string of the molecule is CCC(=O)N1CCOC2(CCN(C(=O)c3ccc4oc(C)cc4c3)CC2)C1. The van der Waals surface area contributed by atoms with Gasteiger partial charge < -0.3 is 19.0 Å². The summed E-state index contributed by atoms with van der Waals surface area (Å²) in [6.07, 6.45) is 2.05. The zero-order valence-electron chi connectivity index (χ0n) is 16.0. The molecule has 2 aliphatic rings. The summed E-state index contributed by atoms with van der Waals surface area (Å²) >= 11 is 0. The number of nitrogens with zero attached hydrogens (tertiary/aromatic N) is 2. The smallest absolute Gasteiger partial charge is 0.253 e. The van der Waals surface area contributed by atoms with E-state index in [1.165, 1.54) is 0 Å². The second-order valence-electron chi connectivity index (χ2n) is 7.60. The Balaban J connectivity index is 1.43. The van der Waals surface area contributed by atoms with Crippen molar-refractivity contribution >= 4 is 22.8 Å². The van der Waals surface area contributed by atoms with Crippen molar-refractivity contribution in [1.29, 1.82) is 0 Å². The minimum absolute atomic E-state index is 0.0444. The van der Waals surface area contributed by atoms with Gasteiger partial charge in [0.05, 0.1) is 12.2 Å². The van der Waals surface area contributed by atoms with Crippen molar-refractivity contribution < 1.29 is 18.7 Å². The average molecular weight is 370 g/mol. The number of aryl methyl sites for hydroxylation is 1. The normalized spacial score (nSPS) is 19.6. The first-order valence-corrected chi connectivity index (χ1v) is 9.71. The van der Waals surface area contributed by atoms with E-state index in [2.05, 4.69) is 0 Å². The maximum Gasteiger partial charge on any atom is 0.253 e. The number of carbonyl (C=O) groups is 2. The maximum atomic E-state index is 12.9. The van der Waals surface area contributed by atoms with Gasteiger partial charge in [0, 0.05) is 43.5 Å². The summed E-state index contributed by atoms with van der Waals surface area (Å²) in [4.78, 5) is 28.8. The molecule has 6 nitrogen and oxygen atoms in total. The van der Waals surface area contributed by atoms with E-state index >= 15 is 0 Å². The fourth-order valence-corrected chi connectivity index (χ4v) is 4.19. The molecule has 2 fully saturated rings. The Labute approximate surface area is 159 Å². The molecular formula is C21H26N2O4.